The van der Waals surface area contributed by atoms with Crippen LogP contribution in [0.5, 0.6) is 0 Å². The van der Waals surface area contributed by atoms with Gasteiger partial charge in [0.15, 0.2) is 9.84 Å². The summed E-state index contributed by atoms with van der Waals surface area (Å²) in [6.45, 7) is -0.00450. The van der Waals surface area contributed by atoms with E-state index in [1.807, 2.05) is 0 Å². The first-order valence-electron chi connectivity index (χ1n) is 7.99. The standard InChI is InChI=1S/C17H19N3O6S2/c18-28(25,26)15-8-6-13(7-9-15)10-19-16(21)11-27(23,24)12-17(22)20-14-4-2-1-3-5-14/h1-9H,10-12H2,(H,19,21)(H,20,22)(H2,18,25,26). The molecule has 2 amide bonds. The normalized spacial score (nSPS) is 11.6. The summed E-state index contributed by atoms with van der Waals surface area (Å²) in [5.41, 5.74) is 1.01. The Kier molecular flexibility index (Phi) is 6.89. The van der Waals surface area contributed by atoms with Crippen LogP contribution in [0.15, 0.2) is 59.5 Å². The minimum atomic E-state index is -3.95. The van der Waals surface area contributed by atoms with Gasteiger partial charge in [0.1, 0.15) is 11.5 Å². The summed E-state index contributed by atoms with van der Waals surface area (Å²) in [4.78, 5) is 23.6. The number of nitrogens with one attached hydrogen (secondary N) is 2. The molecule has 2 aromatic rings. The van der Waals surface area contributed by atoms with E-state index < -0.39 is 43.2 Å². The predicted molar refractivity (Wildman–Crippen MR) is 103 cm³/mol. The number of carbonyl (C=O) groups is 2. The lowest BCUT2D eigenvalue weighted by atomic mass is 10.2. The summed E-state index contributed by atoms with van der Waals surface area (Å²) >= 11 is 0. The molecule has 9 nitrogen and oxygen atoms in total. The van der Waals surface area contributed by atoms with Crippen molar-refractivity contribution in [2.24, 2.45) is 5.14 Å². The summed E-state index contributed by atoms with van der Waals surface area (Å²) < 4.78 is 46.4. The zero-order valence-corrected chi connectivity index (χ0v) is 16.3. The summed E-state index contributed by atoms with van der Waals surface area (Å²) in [5, 5.41) is 9.83. The number of sulfone groups is 1. The van der Waals surface area contributed by atoms with Crippen LogP contribution in [0.3, 0.4) is 0 Å². The Hall–Kier alpha value is -2.76. The SMILES string of the molecule is NS(=O)(=O)c1ccc(CNC(=O)CS(=O)(=O)CC(=O)Nc2ccccc2)cc1. The third-order valence-corrected chi connectivity index (χ3v) is 5.83. The van der Waals surface area contributed by atoms with Gasteiger partial charge in [-0.2, -0.15) is 0 Å². The Balaban J connectivity index is 1.85. The Labute approximate surface area is 162 Å². The van der Waals surface area contributed by atoms with Gasteiger partial charge in [-0.25, -0.2) is 22.0 Å². The molecule has 0 aliphatic heterocycles. The molecule has 2 aromatic carbocycles. The molecular formula is C17H19N3O6S2. The largest absolute Gasteiger partial charge is 0.351 e. The maximum absolute atomic E-state index is 12.0. The molecule has 0 saturated carbocycles. The molecule has 0 heterocycles. The van der Waals surface area contributed by atoms with Gasteiger partial charge in [0.25, 0.3) is 0 Å². The number of hydrogen-bond acceptors (Lipinski definition) is 6. The van der Waals surface area contributed by atoms with Crippen LogP contribution in [0.2, 0.25) is 0 Å². The number of amides is 2. The number of para-hydroxylation sites is 1. The number of primary sulfonamides is 1. The minimum absolute atomic E-state index is 0.00450. The second-order valence-electron chi connectivity index (χ2n) is 5.91. The van der Waals surface area contributed by atoms with Crippen LogP contribution in [0, 0.1) is 0 Å². The summed E-state index contributed by atoms with van der Waals surface area (Å²) in [5.74, 6) is -3.18. The zero-order valence-electron chi connectivity index (χ0n) is 14.7. The lowest BCUT2D eigenvalue weighted by Gasteiger charge is -2.08. The van der Waals surface area contributed by atoms with Gasteiger partial charge in [0.2, 0.25) is 21.8 Å². The molecule has 4 N–H and O–H groups in total. The zero-order chi connectivity index (χ0) is 20.8. The molecule has 0 fully saturated rings. The van der Waals surface area contributed by atoms with E-state index in [0.29, 0.717) is 11.3 Å². The Morgan fingerprint density at radius 2 is 1.39 bits per heavy atom. The highest BCUT2D eigenvalue weighted by Crippen LogP contribution is 2.09. The van der Waals surface area contributed by atoms with Crippen LogP contribution < -0.4 is 15.8 Å². The Morgan fingerprint density at radius 1 is 0.821 bits per heavy atom. The predicted octanol–water partition coefficient (Wildman–Crippen LogP) is 0.00370. The van der Waals surface area contributed by atoms with Gasteiger partial charge >= 0.3 is 0 Å². The number of hydrogen-bond donors (Lipinski definition) is 3. The van der Waals surface area contributed by atoms with Crippen molar-refractivity contribution < 1.29 is 26.4 Å². The van der Waals surface area contributed by atoms with Gasteiger partial charge in [-0.05, 0) is 29.8 Å². The minimum Gasteiger partial charge on any atom is -0.351 e. The summed E-state index contributed by atoms with van der Waals surface area (Å²) in [7, 11) is -7.76. The van der Waals surface area contributed by atoms with E-state index in [0.717, 1.165) is 0 Å². The quantitative estimate of drug-likeness (QED) is 0.541. The summed E-state index contributed by atoms with van der Waals surface area (Å²) in [6.07, 6.45) is 0. The molecule has 0 saturated heterocycles. The molecule has 0 spiro atoms. The fourth-order valence-corrected chi connectivity index (χ4v) is 3.81. The van der Waals surface area contributed by atoms with Crippen LogP contribution >= 0.6 is 0 Å². The van der Waals surface area contributed by atoms with Crippen LogP contribution in [-0.4, -0.2) is 40.2 Å². The molecule has 0 atom stereocenters. The molecule has 0 aliphatic carbocycles. The lowest BCUT2D eigenvalue weighted by molar-refractivity contribution is -0.118. The molecule has 150 valence electrons. The van der Waals surface area contributed by atoms with Gasteiger partial charge in [-0.15, -0.1) is 0 Å². The van der Waals surface area contributed by atoms with Crippen molar-refractivity contribution in [1.29, 1.82) is 0 Å². The van der Waals surface area contributed by atoms with Crippen molar-refractivity contribution in [3.05, 3.63) is 60.2 Å². The molecule has 11 heteroatoms. The van der Waals surface area contributed by atoms with Gasteiger partial charge in [0, 0.05) is 12.2 Å². The Morgan fingerprint density at radius 3 is 1.96 bits per heavy atom. The molecule has 0 radical (unpaired) electrons. The fraction of sp³-hybridized carbons (Fsp3) is 0.176. The van der Waals surface area contributed by atoms with Gasteiger partial charge in [-0.3, -0.25) is 9.59 Å². The van der Waals surface area contributed by atoms with E-state index in [4.69, 9.17) is 5.14 Å². The lowest BCUT2D eigenvalue weighted by Crippen LogP contribution is -2.33. The average molecular weight is 425 g/mol. The molecule has 28 heavy (non-hydrogen) atoms. The van der Waals surface area contributed by atoms with E-state index in [2.05, 4.69) is 10.6 Å². The van der Waals surface area contributed by atoms with E-state index in [1.165, 1.54) is 24.3 Å². The van der Waals surface area contributed by atoms with E-state index in [1.54, 1.807) is 30.3 Å². The Bertz CT molecular complexity index is 1050. The van der Waals surface area contributed by atoms with Crippen molar-refractivity contribution in [2.75, 3.05) is 16.8 Å². The number of benzene rings is 2. The molecule has 2 rings (SSSR count). The second-order valence-corrected chi connectivity index (χ2v) is 9.54. The van der Waals surface area contributed by atoms with Crippen molar-refractivity contribution in [1.82, 2.24) is 5.32 Å². The first-order valence-corrected chi connectivity index (χ1v) is 11.4. The van der Waals surface area contributed by atoms with Crippen molar-refractivity contribution in [3.63, 3.8) is 0 Å². The van der Waals surface area contributed by atoms with Crippen LogP contribution in [-0.2, 0) is 36.0 Å². The first-order chi connectivity index (χ1) is 13.0. The maximum Gasteiger partial charge on any atom is 0.239 e. The number of sulfonamides is 1. The highest BCUT2D eigenvalue weighted by atomic mass is 32.2. The number of rotatable bonds is 8. The molecule has 0 aliphatic rings. The highest BCUT2D eigenvalue weighted by molar-refractivity contribution is 7.92. The molecule has 0 unspecified atom stereocenters. The number of nitrogens with two attached hydrogens (primary N) is 1. The maximum atomic E-state index is 12.0. The molecular weight excluding hydrogens is 406 g/mol. The van der Waals surface area contributed by atoms with E-state index in [-0.39, 0.29) is 11.4 Å². The van der Waals surface area contributed by atoms with E-state index >= 15 is 0 Å². The highest BCUT2D eigenvalue weighted by Gasteiger charge is 2.21. The molecule has 0 aromatic heterocycles. The number of anilines is 1. The van der Waals surface area contributed by atoms with Crippen LogP contribution in [0.25, 0.3) is 0 Å². The summed E-state index contributed by atoms with van der Waals surface area (Å²) in [6, 6.07) is 13.8. The van der Waals surface area contributed by atoms with Gasteiger partial charge < -0.3 is 10.6 Å². The topological polar surface area (TPSA) is 152 Å². The van der Waals surface area contributed by atoms with Gasteiger partial charge in [0.05, 0.1) is 4.90 Å². The second kappa shape index (κ2) is 8.95. The smallest absolute Gasteiger partial charge is 0.239 e. The van der Waals surface area contributed by atoms with Crippen LogP contribution in [0.4, 0.5) is 5.69 Å². The van der Waals surface area contributed by atoms with Crippen molar-refractivity contribution in [2.45, 2.75) is 11.4 Å². The fourth-order valence-electron chi connectivity index (χ4n) is 2.22. The van der Waals surface area contributed by atoms with Gasteiger partial charge in [-0.1, -0.05) is 30.3 Å². The monoisotopic (exact) mass is 425 g/mol. The first kappa shape index (κ1) is 21.5. The van der Waals surface area contributed by atoms with Crippen LogP contribution in [0.1, 0.15) is 5.56 Å². The molecule has 0 bridgehead atoms. The number of carbonyl (C=O) groups excluding carboxylic acids is 2. The van der Waals surface area contributed by atoms with Crippen molar-refractivity contribution >= 4 is 37.4 Å². The van der Waals surface area contributed by atoms with E-state index in [9.17, 15) is 26.4 Å². The third-order valence-electron chi connectivity index (χ3n) is 3.50. The average Bonchev–Trinajstić information content (AvgIpc) is 2.59. The third kappa shape index (κ3) is 7.10. The van der Waals surface area contributed by atoms with Crippen molar-refractivity contribution in [3.8, 4) is 0 Å².